The van der Waals surface area contributed by atoms with Crippen LogP contribution in [0.2, 0.25) is 0 Å². The minimum Gasteiger partial charge on any atom is -0.396 e. The Labute approximate surface area is 110 Å². The Morgan fingerprint density at radius 1 is 1.72 bits per heavy atom. The minimum atomic E-state index is -0.0358. The predicted molar refractivity (Wildman–Crippen MR) is 68.3 cm³/mol. The van der Waals surface area contributed by atoms with Gasteiger partial charge in [0.25, 0.3) is 0 Å². The molecule has 0 aromatic carbocycles. The Balaban J connectivity index is 1.76. The van der Waals surface area contributed by atoms with E-state index in [4.69, 9.17) is 5.11 Å². The number of aliphatic hydroxyl groups is 1. The fourth-order valence-corrected chi connectivity index (χ4v) is 2.44. The maximum atomic E-state index is 11.6. The quantitative estimate of drug-likeness (QED) is 0.709. The number of nitrogens with one attached hydrogen (secondary N) is 1. The van der Waals surface area contributed by atoms with Crippen LogP contribution in [0.5, 0.6) is 0 Å². The van der Waals surface area contributed by atoms with Crippen molar-refractivity contribution in [3.05, 3.63) is 6.33 Å². The van der Waals surface area contributed by atoms with Crippen molar-refractivity contribution in [2.45, 2.75) is 43.4 Å². The standard InChI is InChI=1S/C11H18N4O2S/c1-8(4-5-16)13-10(17)6-18-11-14-12-7-15(11)9-2-3-9/h7-9,16H,2-6H2,1H3,(H,13,17). The van der Waals surface area contributed by atoms with E-state index < -0.39 is 0 Å². The van der Waals surface area contributed by atoms with Crippen LogP contribution in [-0.2, 0) is 4.79 Å². The molecule has 100 valence electrons. The zero-order valence-corrected chi connectivity index (χ0v) is 11.2. The second-order valence-electron chi connectivity index (χ2n) is 4.52. The molecule has 1 aromatic heterocycles. The van der Waals surface area contributed by atoms with E-state index in [0.29, 0.717) is 18.2 Å². The molecule has 7 heteroatoms. The smallest absolute Gasteiger partial charge is 0.230 e. The number of carbonyl (C=O) groups excluding carboxylic acids is 1. The number of hydrogen-bond donors (Lipinski definition) is 2. The second-order valence-corrected chi connectivity index (χ2v) is 5.46. The molecule has 2 rings (SSSR count). The van der Waals surface area contributed by atoms with E-state index in [-0.39, 0.29) is 18.6 Å². The molecule has 1 aliphatic rings. The Bertz CT molecular complexity index is 406. The summed E-state index contributed by atoms with van der Waals surface area (Å²) in [7, 11) is 0. The van der Waals surface area contributed by atoms with Crippen molar-refractivity contribution in [3.8, 4) is 0 Å². The highest BCUT2D eigenvalue weighted by molar-refractivity contribution is 7.99. The van der Waals surface area contributed by atoms with E-state index in [9.17, 15) is 4.79 Å². The lowest BCUT2D eigenvalue weighted by Crippen LogP contribution is -2.34. The fourth-order valence-electron chi connectivity index (χ4n) is 1.65. The number of carbonyl (C=O) groups is 1. The Hall–Kier alpha value is -1.08. The highest BCUT2D eigenvalue weighted by Crippen LogP contribution is 2.37. The van der Waals surface area contributed by atoms with Gasteiger partial charge in [-0.2, -0.15) is 0 Å². The number of hydrogen-bond acceptors (Lipinski definition) is 5. The average molecular weight is 270 g/mol. The van der Waals surface area contributed by atoms with Gasteiger partial charge in [0.2, 0.25) is 5.91 Å². The van der Waals surface area contributed by atoms with E-state index in [0.717, 1.165) is 5.16 Å². The third-order valence-electron chi connectivity index (χ3n) is 2.78. The summed E-state index contributed by atoms with van der Waals surface area (Å²) in [5, 5.41) is 20.3. The van der Waals surface area contributed by atoms with Crippen molar-refractivity contribution in [1.82, 2.24) is 20.1 Å². The van der Waals surface area contributed by atoms with Gasteiger partial charge in [0, 0.05) is 18.7 Å². The molecule has 1 aliphatic carbocycles. The summed E-state index contributed by atoms with van der Waals surface area (Å²) in [6.07, 6.45) is 4.65. The van der Waals surface area contributed by atoms with E-state index >= 15 is 0 Å². The first-order valence-corrected chi connectivity index (χ1v) is 7.11. The molecule has 2 N–H and O–H groups in total. The van der Waals surface area contributed by atoms with Crippen molar-refractivity contribution >= 4 is 17.7 Å². The molecule has 0 bridgehead atoms. The van der Waals surface area contributed by atoms with Crippen LogP contribution in [0.4, 0.5) is 0 Å². The second kappa shape index (κ2) is 6.19. The van der Waals surface area contributed by atoms with Crippen LogP contribution >= 0.6 is 11.8 Å². The Kier molecular flexibility index (Phi) is 4.60. The first-order valence-electron chi connectivity index (χ1n) is 6.13. The summed E-state index contributed by atoms with van der Waals surface area (Å²) in [5.74, 6) is 0.299. The molecule has 1 heterocycles. The van der Waals surface area contributed by atoms with Gasteiger partial charge >= 0.3 is 0 Å². The first-order chi connectivity index (χ1) is 8.70. The van der Waals surface area contributed by atoms with Gasteiger partial charge < -0.3 is 15.0 Å². The SMILES string of the molecule is CC(CCO)NC(=O)CSc1nncn1C1CC1. The molecule has 1 fully saturated rings. The zero-order valence-electron chi connectivity index (χ0n) is 10.4. The van der Waals surface area contributed by atoms with Gasteiger partial charge in [0.15, 0.2) is 5.16 Å². The summed E-state index contributed by atoms with van der Waals surface area (Å²) >= 11 is 1.41. The molecule has 0 aliphatic heterocycles. The number of aromatic nitrogens is 3. The lowest BCUT2D eigenvalue weighted by atomic mass is 10.2. The summed E-state index contributed by atoms with van der Waals surface area (Å²) in [6, 6.07) is 0.531. The summed E-state index contributed by atoms with van der Waals surface area (Å²) in [5.41, 5.74) is 0. The van der Waals surface area contributed by atoms with Crippen LogP contribution in [0.1, 0.15) is 32.2 Å². The van der Waals surface area contributed by atoms with Gasteiger partial charge in [0.05, 0.1) is 5.75 Å². The Morgan fingerprint density at radius 2 is 2.50 bits per heavy atom. The van der Waals surface area contributed by atoms with Crippen LogP contribution in [0.3, 0.4) is 0 Å². The normalized spacial score (nSPS) is 16.6. The highest BCUT2D eigenvalue weighted by Gasteiger charge is 2.26. The number of amides is 1. The van der Waals surface area contributed by atoms with Gasteiger partial charge in [-0.05, 0) is 26.2 Å². The van der Waals surface area contributed by atoms with Crippen molar-refractivity contribution in [3.63, 3.8) is 0 Å². The lowest BCUT2D eigenvalue weighted by molar-refractivity contribution is -0.119. The fraction of sp³-hybridized carbons (Fsp3) is 0.727. The molecule has 0 spiro atoms. The summed E-state index contributed by atoms with van der Waals surface area (Å²) < 4.78 is 2.04. The van der Waals surface area contributed by atoms with Gasteiger partial charge in [-0.25, -0.2) is 0 Å². The molecule has 1 atom stereocenters. The number of rotatable bonds is 7. The van der Waals surface area contributed by atoms with Crippen molar-refractivity contribution < 1.29 is 9.90 Å². The van der Waals surface area contributed by atoms with Gasteiger partial charge in [-0.1, -0.05) is 11.8 Å². The summed E-state index contributed by atoms with van der Waals surface area (Å²) in [6.45, 7) is 1.97. The van der Waals surface area contributed by atoms with Crippen LogP contribution < -0.4 is 5.32 Å². The van der Waals surface area contributed by atoms with Crippen LogP contribution in [0, 0.1) is 0 Å². The molecule has 1 aromatic rings. The topological polar surface area (TPSA) is 80.0 Å². The van der Waals surface area contributed by atoms with Crippen molar-refractivity contribution in [2.24, 2.45) is 0 Å². The Morgan fingerprint density at radius 3 is 3.17 bits per heavy atom. The monoisotopic (exact) mass is 270 g/mol. The maximum Gasteiger partial charge on any atom is 0.230 e. The predicted octanol–water partition coefficient (Wildman–Crippen LogP) is 0.592. The highest BCUT2D eigenvalue weighted by atomic mass is 32.2. The average Bonchev–Trinajstić information content (AvgIpc) is 3.06. The number of nitrogens with zero attached hydrogens (tertiary/aromatic N) is 3. The summed E-state index contributed by atoms with van der Waals surface area (Å²) in [4.78, 5) is 11.6. The van der Waals surface area contributed by atoms with Crippen LogP contribution in [0.25, 0.3) is 0 Å². The molecular formula is C11H18N4O2S. The molecule has 0 radical (unpaired) electrons. The maximum absolute atomic E-state index is 11.6. The van der Waals surface area contributed by atoms with Crippen LogP contribution in [0.15, 0.2) is 11.5 Å². The van der Waals surface area contributed by atoms with E-state index in [1.807, 2.05) is 11.5 Å². The molecule has 18 heavy (non-hydrogen) atoms. The van der Waals surface area contributed by atoms with Crippen molar-refractivity contribution in [1.29, 1.82) is 0 Å². The first kappa shape index (κ1) is 13.4. The molecule has 1 unspecified atom stereocenters. The van der Waals surface area contributed by atoms with E-state index in [1.54, 1.807) is 6.33 Å². The molecule has 1 saturated carbocycles. The number of thioether (sulfide) groups is 1. The minimum absolute atomic E-state index is 0.00408. The molecule has 0 saturated heterocycles. The third-order valence-corrected chi connectivity index (χ3v) is 3.74. The third kappa shape index (κ3) is 3.71. The van der Waals surface area contributed by atoms with Gasteiger partial charge in [0.1, 0.15) is 6.33 Å². The van der Waals surface area contributed by atoms with Crippen molar-refractivity contribution in [2.75, 3.05) is 12.4 Å². The largest absolute Gasteiger partial charge is 0.396 e. The van der Waals surface area contributed by atoms with Gasteiger partial charge in [-0.3, -0.25) is 4.79 Å². The molecular weight excluding hydrogens is 252 g/mol. The van der Waals surface area contributed by atoms with E-state index in [2.05, 4.69) is 15.5 Å². The van der Waals surface area contributed by atoms with E-state index in [1.165, 1.54) is 24.6 Å². The molecule has 6 nitrogen and oxygen atoms in total. The van der Waals surface area contributed by atoms with Gasteiger partial charge in [-0.15, -0.1) is 10.2 Å². The zero-order chi connectivity index (χ0) is 13.0. The lowest BCUT2D eigenvalue weighted by Gasteiger charge is -2.12. The van der Waals surface area contributed by atoms with Crippen LogP contribution in [-0.4, -0.2) is 44.2 Å². The number of aliphatic hydroxyl groups excluding tert-OH is 1. The molecule has 1 amide bonds.